The van der Waals surface area contributed by atoms with E-state index in [0.717, 1.165) is 30.4 Å². The van der Waals surface area contributed by atoms with Crippen LogP contribution in [0.4, 0.5) is 4.39 Å². The number of imidazole rings is 1. The molecule has 3 heterocycles. The molecule has 10 heteroatoms. The second kappa shape index (κ2) is 13.0. The summed E-state index contributed by atoms with van der Waals surface area (Å²) in [6, 6.07) is 4.91. The Morgan fingerprint density at radius 2 is 2.00 bits per heavy atom. The summed E-state index contributed by atoms with van der Waals surface area (Å²) in [5, 5.41) is 0.359. The van der Waals surface area contributed by atoms with E-state index in [1.165, 1.54) is 13.0 Å². The number of rotatable bonds is 12. The van der Waals surface area contributed by atoms with Gasteiger partial charge in [0.25, 0.3) is 5.17 Å². The summed E-state index contributed by atoms with van der Waals surface area (Å²) >= 11 is 5.66. The SMILES string of the molecule is CC(=O)OC[C@H]1[C@@H]([C@@H](OC(=S)n2ccnc2)c2cc(F)ccc2CCCO[Si](C)(C)C(C)(C)C(C)C)[C@H]2CC[C@H]1O2. The highest BCUT2D eigenvalue weighted by Gasteiger charge is 2.54. The third-order valence-electron chi connectivity index (χ3n) is 9.72. The molecule has 226 valence electrons. The van der Waals surface area contributed by atoms with Crippen molar-refractivity contribution in [3.05, 3.63) is 53.9 Å². The predicted molar refractivity (Wildman–Crippen MR) is 163 cm³/mol. The number of esters is 1. The summed E-state index contributed by atoms with van der Waals surface area (Å²) in [6.07, 6.45) is 7.48. The van der Waals surface area contributed by atoms with Crippen molar-refractivity contribution in [1.29, 1.82) is 0 Å². The number of fused-ring (bicyclic) bond motifs is 2. The van der Waals surface area contributed by atoms with E-state index in [1.807, 2.05) is 6.07 Å². The lowest BCUT2D eigenvalue weighted by molar-refractivity contribution is -0.143. The van der Waals surface area contributed by atoms with Gasteiger partial charge >= 0.3 is 5.97 Å². The van der Waals surface area contributed by atoms with Crippen molar-refractivity contribution in [3.8, 4) is 0 Å². The first-order valence-corrected chi connectivity index (χ1v) is 18.0. The Bertz CT molecular complexity index is 1210. The van der Waals surface area contributed by atoms with Gasteiger partial charge in [0.2, 0.25) is 0 Å². The first-order chi connectivity index (χ1) is 19.3. The van der Waals surface area contributed by atoms with E-state index < -0.39 is 14.4 Å². The van der Waals surface area contributed by atoms with Crippen LogP contribution >= 0.6 is 12.2 Å². The Hall–Kier alpha value is -2.14. The molecule has 0 amide bonds. The molecule has 0 spiro atoms. The number of hydrogen-bond donors (Lipinski definition) is 0. The van der Waals surface area contributed by atoms with Crippen LogP contribution in [0.5, 0.6) is 0 Å². The number of aryl methyl sites for hydroxylation is 1. The van der Waals surface area contributed by atoms with Gasteiger partial charge in [0.1, 0.15) is 18.2 Å². The summed E-state index contributed by atoms with van der Waals surface area (Å²) in [5.41, 5.74) is 1.74. The van der Waals surface area contributed by atoms with Gasteiger partial charge in [-0.2, -0.15) is 0 Å². The molecule has 4 rings (SSSR count). The Morgan fingerprint density at radius 3 is 2.66 bits per heavy atom. The highest BCUT2D eigenvalue weighted by atomic mass is 32.1. The third kappa shape index (κ3) is 7.09. The van der Waals surface area contributed by atoms with Gasteiger partial charge in [0, 0.05) is 37.8 Å². The molecule has 2 aliphatic heterocycles. The molecule has 0 aliphatic carbocycles. The molecule has 2 bridgehead atoms. The van der Waals surface area contributed by atoms with E-state index in [0.29, 0.717) is 18.9 Å². The number of nitrogens with zero attached hydrogens (tertiary/aromatic N) is 2. The van der Waals surface area contributed by atoms with Gasteiger partial charge in [-0.05, 0) is 85.2 Å². The maximum absolute atomic E-state index is 14.9. The van der Waals surface area contributed by atoms with E-state index >= 15 is 0 Å². The summed E-state index contributed by atoms with van der Waals surface area (Å²) < 4.78 is 41.4. The van der Waals surface area contributed by atoms with Gasteiger partial charge in [-0.3, -0.25) is 9.36 Å². The van der Waals surface area contributed by atoms with E-state index in [4.69, 9.17) is 30.9 Å². The van der Waals surface area contributed by atoms with Gasteiger partial charge in [0.15, 0.2) is 8.32 Å². The van der Waals surface area contributed by atoms with Gasteiger partial charge in [-0.25, -0.2) is 9.37 Å². The van der Waals surface area contributed by atoms with E-state index in [-0.39, 0.29) is 52.6 Å². The zero-order chi connectivity index (χ0) is 29.9. The number of hydrogen-bond acceptors (Lipinski definition) is 7. The zero-order valence-corrected chi connectivity index (χ0v) is 27.2. The number of carbonyl (C=O) groups is 1. The Balaban J connectivity index is 1.60. The van der Waals surface area contributed by atoms with E-state index in [9.17, 15) is 9.18 Å². The molecular weight excluding hydrogens is 560 g/mol. The second-order valence-electron chi connectivity index (χ2n) is 12.8. The second-order valence-corrected chi connectivity index (χ2v) is 17.7. The topological polar surface area (TPSA) is 71.8 Å². The molecule has 5 atom stereocenters. The predicted octanol–water partition coefficient (Wildman–Crippen LogP) is 6.86. The minimum absolute atomic E-state index is 0.0424. The quantitative estimate of drug-likeness (QED) is 0.113. The van der Waals surface area contributed by atoms with Crippen LogP contribution in [0.2, 0.25) is 18.1 Å². The average molecular weight is 605 g/mol. The van der Waals surface area contributed by atoms with Crippen LogP contribution in [0.3, 0.4) is 0 Å². The molecule has 41 heavy (non-hydrogen) atoms. The Kier molecular flexibility index (Phi) is 10.1. The van der Waals surface area contributed by atoms with Crippen molar-refractivity contribution in [2.24, 2.45) is 17.8 Å². The molecule has 2 saturated heterocycles. The van der Waals surface area contributed by atoms with Crippen LogP contribution in [-0.2, 0) is 29.9 Å². The first-order valence-electron chi connectivity index (χ1n) is 14.7. The molecule has 1 aromatic heterocycles. The average Bonchev–Trinajstić information content (AvgIpc) is 3.67. The lowest BCUT2D eigenvalue weighted by Gasteiger charge is -2.42. The molecule has 2 aromatic rings. The summed E-state index contributed by atoms with van der Waals surface area (Å²) in [6.45, 7) is 16.0. The molecular formula is C31H45FN2O5SSi. The number of halogens is 1. The van der Waals surface area contributed by atoms with Gasteiger partial charge in [-0.15, -0.1) is 0 Å². The van der Waals surface area contributed by atoms with Crippen molar-refractivity contribution < 1.29 is 27.8 Å². The number of aromatic nitrogens is 2. The standard InChI is InChI=1S/C31H45FN2O5SSi/c1-20(2)31(4,5)41(6,7)37-16-8-9-22-10-11-23(32)17-24(22)29(39-30(40)34-15-14-33-19-34)28-25(18-36-21(3)35)26-12-13-27(28)38-26/h10-11,14-15,17,19-20,25-29H,8-9,12-13,16,18H2,1-7H3/t25-,26-,27-,28-,29+/m1/s1. The molecule has 2 fully saturated rings. The Morgan fingerprint density at radius 1 is 1.27 bits per heavy atom. The third-order valence-corrected chi connectivity index (χ3v) is 14.6. The van der Waals surface area contributed by atoms with Gasteiger partial charge in [0.05, 0.1) is 18.8 Å². The largest absolute Gasteiger partial charge is 0.465 e. The molecule has 0 N–H and O–H groups in total. The van der Waals surface area contributed by atoms with Crippen LogP contribution in [0.25, 0.3) is 0 Å². The minimum Gasteiger partial charge on any atom is -0.465 e. The minimum atomic E-state index is -1.96. The van der Waals surface area contributed by atoms with Crippen molar-refractivity contribution in [2.45, 2.75) is 96.7 Å². The number of thiocarbonyl (C=S) groups is 1. The zero-order valence-electron chi connectivity index (χ0n) is 25.4. The van der Waals surface area contributed by atoms with Crippen molar-refractivity contribution in [2.75, 3.05) is 13.2 Å². The monoisotopic (exact) mass is 604 g/mol. The fraction of sp³-hybridized carbons (Fsp3) is 0.645. The lowest BCUT2D eigenvalue weighted by atomic mass is 9.74. The van der Waals surface area contributed by atoms with Crippen LogP contribution in [0.1, 0.15) is 71.1 Å². The number of ether oxygens (including phenoxy) is 3. The molecule has 0 radical (unpaired) electrons. The highest BCUT2D eigenvalue weighted by molar-refractivity contribution is 7.80. The van der Waals surface area contributed by atoms with Crippen LogP contribution in [0, 0.1) is 23.6 Å². The molecule has 2 aliphatic rings. The maximum Gasteiger partial charge on any atom is 0.302 e. The van der Waals surface area contributed by atoms with Crippen LogP contribution in [0.15, 0.2) is 36.9 Å². The van der Waals surface area contributed by atoms with E-state index in [2.05, 4.69) is 45.8 Å². The van der Waals surface area contributed by atoms with Crippen molar-refractivity contribution in [1.82, 2.24) is 9.55 Å². The van der Waals surface area contributed by atoms with Crippen LogP contribution in [-0.4, -0.2) is 54.4 Å². The fourth-order valence-electron chi connectivity index (χ4n) is 6.08. The van der Waals surface area contributed by atoms with Crippen molar-refractivity contribution in [3.63, 3.8) is 0 Å². The Labute approximate surface area is 250 Å². The molecule has 7 nitrogen and oxygen atoms in total. The molecule has 0 saturated carbocycles. The summed E-state index contributed by atoms with van der Waals surface area (Å²) in [5.74, 6) is -0.400. The number of benzene rings is 1. The fourth-order valence-corrected chi connectivity index (χ4v) is 8.71. The smallest absolute Gasteiger partial charge is 0.302 e. The van der Waals surface area contributed by atoms with Gasteiger partial charge < -0.3 is 18.6 Å². The number of carbonyl (C=O) groups excluding carboxylic acids is 1. The molecule has 1 aromatic carbocycles. The van der Waals surface area contributed by atoms with Crippen molar-refractivity contribution >= 4 is 31.7 Å². The van der Waals surface area contributed by atoms with E-state index in [1.54, 1.807) is 29.4 Å². The lowest BCUT2D eigenvalue weighted by Crippen LogP contribution is -2.45. The van der Waals surface area contributed by atoms with Crippen LogP contribution < -0.4 is 0 Å². The highest BCUT2D eigenvalue weighted by Crippen LogP contribution is 2.51. The first kappa shape index (κ1) is 31.8. The normalized spacial score (nSPS) is 23.1. The van der Waals surface area contributed by atoms with Gasteiger partial charge in [-0.1, -0.05) is 33.8 Å². The summed E-state index contributed by atoms with van der Waals surface area (Å²) in [4.78, 5) is 15.8. The molecule has 0 unspecified atom stereocenters. The summed E-state index contributed by atoms with van der Waals surface area (Å²) in [7, 11) is -1.96. The maximum atomic E-state index is 14.9.